The highest BCUT2D eigenvalue weighted by Gasteiger charge is 2.26. The topological polar surface area (TPSA) is 70.7 Å². The maximum absolute atomic E-state index is 12.2. The molecule has 1 aliphatic heterocycles. The molecule has 0 aliphatic carbocycles. The van der Waals surface area contributed by atoms with E-state index in [9.17, 15) is 9.59 Å². The Kier molecular flexibility index (Phi) is 5.74. The molecule has 1 heterocycles. The number of nitrogens with zero attached hydrogens (tertiary/aromatic N) is 1. The van der Waals surface area contributed by atoms with Crippen molar-refractivity contribution in [1.29, 1.82) is 0 Å². The standard InChI is InChI=1S/C17H25N3O3/c1-11-7-12(2)16(13(3)8-11)19-15(21)10-20(4)17(22)14-9-18-5-6-23-14/h7-8,14,18H,5-6,9-10H2,1-4H3,(H,19,21). The van der Waals surface area contributed by atoms with Gasteiger partial charge < -0.3 is 20.3 Å². The van der Waals surface area contributed by atoms with Gasteiger partial charge in [0, 0.05) is 25.8 Å². The minimum Gasteiger partial charge on any atom is -0.366 e. The Balaban J connectivity index is 1.95. The van der Waals surface area contributed by atoms with Gasteiger partial charge in [-0.05, 0) is 31.9 Å². The molecule has 6 nitrogen and oxygen atoms in total. The SMILES string of the molecule is Cc1cc(C)c(NC(=O)CN(C)C(=O)C2CNCCO2)c(C)c1. The summed E-state index contributed by atoms with van der Waals surface area (Å²) in [5.41, 5.74) is 4.01. The number of carbonyl (C=O) groups excluding carboxylic acids is 2. The minimum absolute atomic E-state index is 0.00541. The van der Waals surface area contributed by atoms with Crippen LogP contribution in [-0.4, -0.2) is 56.1 Å². The normalized spacial score (nSPS) is 17.7. The van der Waals surface area contributed by atoms with Crippen molar-refractivity contribution >= 4 is 17.5 Å². The Hall–Kier alpha value is -1.92. The van der Waals surface area contributed by atoms with Crippen LogP contribution in [0.3, 0.4) is 0 Å². The number of hydrogen-bond acceptors (Lipinski definition) is 4. The summed E-state index contributed by atoms with van der Waals surface area (Å²) in [6.07, 6.45) is -0.510. The van der Waals surface area contributed by atoms with E-state index in [0.717, 1.165) is 28.9 Å². The van der Waals surface area contributed by atoms with Crippen molar-refractivity contribution in [3.63, 3.8) is 0 Å². The molecule has 0 radical (unpaired) electrons. The number of amides is 2. The minimum atomic E-state index is -0.510. The van der Waals surface area contributed by atoms with Gasteiger partial charge in [-0.3, -0.25) is 9.59 Å². The second kappa shape index (κ2) is 7.57. The molecule has 126 valence electrons. The number of ether oxygens (including phenoxy) is 1. The first-order chi connectivity index (χ1) is 10.9. The molecular weight excluding hydrogens is 294 g/mol. The first-order valence-electron chi connectivity index (χ1n) is 7.83. The monoisotopic (exact) mass is 319 g/mol. The predicted octanol–water partition coefficient (Wildman–Crippen LogP) is 0.997. The van der Waals surface area contributed by atoms with Gasteiger partial charge in [0.1, 0.15) is 6.10 Å². The Labute approximate surface area is 137 Å². The van der Waals surface area contributed by atoms with E-state index in [-0.39, 0.29) is 18.4 Å². The fraction of sp³-hybridized carbons (Fsp3) is 0.529. The van der Waals surface area contributed by atoms with E-state index in [1.54, 1.807) is 7.05 Å². The predicted molar refractivity (Wildman–Crippen MR) is 89.5 cm³/mol. The van der Waals surface area contributed by atoms with Crippen LogP contribution in [-0.2, 0) is 14.3 Å². The first kappa shape index (κ1) is 17.4. The third-order valence-corrected chi connectivity index (χ3v) is 3.90. The molecule has 2 rings (SSSR count). The molecule has 1 unspecified atom stereocenters. The second-order valence-electron chi connectivity index (χ2n) is 6.08. The molecule has 1 aromatic carbocycles. The van der Waals surface area contributed by atoms with Gasteiger partial charge >= 0.3 is 0 Å². The zero-order chi connectivity index (χ0) is 17.0. The van der Waals surface area contributed by atoms with Gasteiger partial charge in [0.2, 0.25) is 5.91 Å². The highest BCUT2D eigenvalue weighted by atomic mass is 16.5. The quantitative estimate of drug-likeness (QED) is 0.868. The molecular formula is C17H25N3O3. The Morgan fingerprint density at radius 2 is 1.96 bits per heavy atom. The Morgan fingerprint density at radius 3 is 2.52 bits per heavy atom. The van der Waals surface area contributed by atoms with Crippen molar-refractivity contribution in [2.45, 2.75) is 26.9 Å². The van der Waals surface area contributed by atoms with Crippen molar-refractivity contribution in [2.75, 3.05) is 38.6 Å². The number of hydrogen-bond donors (Lipinski definition) is 2. The second-order valence-corrected chi connectivity index (χ2v) is 6.08. The van der Waals surface area contributed by atoms with E-state index in [2.05, 4.69) is 10.6 Å². The molecule has 0 aromatic heterocycles. The van der Waals surface area contributed by atoms with Crippen LogP contribution in [0.25, 0.3) is 0 Å². The maximum atomic E-state index is 12.2. The summed E-state index contributed by atoms with van der Waals surface area (Å²) in [5.74, 6) is -0.385. The molecule has 2 N–H and O–H groups in total. The van der Waals surface area contributed by atoms with E-state index < -0.39 is 6.10 Å². The van der Waals surface area contributed by atoms with Crippen LogP contribution < -0.4 is 10.6 Å². The van der Waals surface area contributed by atoms with E-state index in [1.807, 2.05) is 32.9 Å². The number of benzene rings is 1. The number of aryl methyl sites for hydroxylation is 3. The molecule has 23 heavy (non-hydrogen) atoms. The van der Waals surface area contributed by atoms with Crippen molar-refractivity contribution in [2.24, 2.45) is 0 Å². The van der Waals surface area contributed by atoms with Crippen LogP contribution in [0.15, 0.2) is 12.1 Å². The van der Waals surface area contributed by atoms with Crippen LogP contribution in [0.2, 0.25) is 0 Å². The van der Waals surface area contributed by atoms with Crippen LogP contribution in [0.4, 0.5) is 5.69 Å². The fourth-order valence-corrected chi connectivity index (χ4v) is 2.82. The molecule has 1 atom stereocenters. The average Bonchev–Trinajstić information content (AvgIpc) is 2.51. The van der Waals surface area contributed by atoms with Gasteiger partial charge in [0.25, 0.3) is 5.91 Å². The number of likely N-dealkylation sites (N-methyl/N-ethyl adjacent to an activating group) is 1. The van der Waals surface area contributed by atoms with Crippen LogP contribution in [0.1, 0.15) is 16.7 Å². The van der Waals surface area contributed by atoms with Crippen molar-refractivity contribution in [3.8, 4) is 0 Å². The van der Waals surface area contributed by atoms with Crippen LogP contribution in [0, 0.1) is 20.8 Å². The zero-order valence-corrected chi connectivity index (χ0v) is 14.2. The van der Waals surface area contributed by atoms with Crippen molar-refractivity contribution in [1.82, 2.24) is 10.2 Å². The van der Waals surface area contributed by atoms with Crippen LogP contribution >= 0.6 is 0 Å². The Bertz CT molecular complexity index is 572. The summed E-state index contributed by atoms with van der Waals surface area (Å²) in [6, 6.07) is 4.05. The molecule has 0 bridgehead atoms. The fourth-order valence-electron chi connectivity index (χ4n) is 2.82. The van der Waals surface area contributed by atoms with Crippen LogP contribution in [0.5, 0.6) is 0 Å². The molecule has 6 heteroatoms. The summed E-state index contributed by atoms with van der Waals surface area (Å²) in [7, 11) is 1.62. The summed E-state index contributed by atoms with van der Waals surface area (Å²) < 4.78 is 5.43. The maximum Gasteiger partial charge on any atom is 0.253 e. The third-order valence-electron chi connectivity index (χ3n) is 3.90. The third kappa shape index (κ3) is 4.53. The lowest BCUT2D eigenvalue weighted by molar-refractivity contribution is -0.145. The highest BCUT2D eigenvalue weighted by molar-refractivity contribution is 5.96. The number of morpholine rings is 1. The zero-order valence-electron chi connectivity index (χ0n) is 14.2. The number of nitrogens with one attached hydrogen (secondary N) is 2. The molecule has 2 amide bonds. The lowest BCUT2D eigenvalue weighted by Crippen LogP contribution is -2.49. The molecule has 0 saturated carbocycles. The molecule has 0 spiro atoms. The lowest BCUT2D eigenvalue weighted by atomic mass is 10.1. The summed E-state index contributed by atoms with van der Waals surface area (Å²) >= 11 is 0. The number of rotatable bonds is 4. The van der Waals surface area contributed by atoms with Crippen molar-refractivity contribution < 1.29 is 14.3 Å². The van der Waals surface area contributed by atoms with Crippen molar-refractivity contribution in [3.05, 3.63) is 28.8 Å². The number of carbonyl (C=O) groups is 2. The van der Waals surface area contributed by atoms with Gasteiger partial charge in [-0.2, -0.15) is 0 Å². The summed E-state index contributed by atoms with van der Waals surface area (Å²) in [6.45, 7) is 7.71. The summed E-state index contributed by atoms with van der Waals surface area (Å²) in [4.78, 5) is 25.9. The van der Waals surface area contributed by atoms with E-state index in [0.29, 0.717) is 13.2 Å². The van der Waals surface area contributed by atoms with Gasteiger partial charge in [-0.1, -0.05) is 17.7 Å². The van der Waals surface area contributed by atoms with Gasteiger partial charge in [0.05, 0.1) is 13.2 Å². The van der Waals surface area contributed by atoms with E-state index >= 15 is 0 Å². The average molecular weight is 319 g/mol. The Morgan fingerprint density at radius 1 is 1.30 bits per heavy atom. The summed E-state index contributed by atoms with van der Waals surface area (Å²) in [5, 5.41) is 6.02. The largest absolute Gasteiger partial charge is 0.366 e. The number of anilines is 1. The molecule has 1 aromatic rings. The first-order valence-corrected chi connectivity index (χ1v) is 7.83. The van der Waals surface area contributed by atoms with E-state index in [1.165, 1.54) is 4.90 Å². The highest BCUT2D eigenvalue weighted by Crippen LogP contribution is 2.21. The molecule has 1 aliphatic rings. The van der Waals surface area contributed by atoms with Gasteiger partial charge in [0.15, 0.2) is 0 Å². The molecule has 1 saturated heterocycles. The van der Waals surface area contributed by atoms with Gasteiger partial charge in [-0.25, -0.2) is 0 Å². The lowest BCUT2D eigenvalue weighted by Gasteiger charge is -2.27. The van der Waals surface area contributed by atoms with Gasteiger partial charge in [-0.15, -0.1) is 0 Å². The molecule has 1 fully saturated rings. The van der Waals surface area contributed by atoms with E-state index in [4.69, 9.17) is 4.74 Å². The smallest absolute Gasteiger partial charge is 0.253 e.